The zero-order valence-corrected chi connectivity index (χ0v) is 61.3. The van der Waals surface area contributed by atoms with Crippen molar-refractivity contribution in [2.75, 3.05) is 0 Å². The Morgan fingerprint density at radius 1 is 0.337 bits per heavy atom. The lowest BCUT2D eigenvalue weighted by Gasteiger charge is -2.53. The van der Waals surface area contributed by atoms with Crippen LogP contribution in [0.4, 0.5) is 0 Å². The molecule has 0 aromatic rings. The van der Waals surface area contributed by atoms with E-state index < -0.39 is 117 Å². The third-order valence-corrected chi connectivity index (χ3v) is 35.2. The van der Waals surface area contributed by atoms with Crippen LogP contribution >= 0.6 is 7.82 Å². The molecule has 83 heavy (non-hydrogen) atoms. The van der Waals surface area contributed by atoms with E-state index in [0.29, 0.717) is 77.0 Å². The van der Waals surface area contributed by atoms with Crippen LogP contribution in [-0.4, -0.2) is 94.9 Å². The van der Waals surface area contributed by atoms with Crippen molar-refractivity contribution in [3.8, 4) is 0 Å². The summed E-state index contributed by atoms with van der Waals surface area (Å²) in [6.07, 6.45) is 36.2. The maximum atomic E-state index is 17.7. The monoisotopic (exact) mass is 1310 g/mol. The first-order valence-corrected chi connectivity index (χ1v) is 43.5. The molecular weight excluding hydrogens is 1180 g/mol. The van der Waals surface area contributed by atoms with Crippen LogP contribution in [0.15, 0.2) is 0 Å². The van der Waals surface area contributed by atoms with Gasteiger partial charge in [0, 0.05) is 91.9 Å². The molecule has 11 nitrogen and oxygen atoms in total. The molecule has 14 unspecified atom stereocenters. The topological polar surface area (TPSA) is 200 Å². The van der Waals surface area contributed by atoms with Crippen molar-refractivity contribution in [3.63, 3.8) is 0 Å². The third kappa shape index (κ3) is 27.0. The highest BCUT2D eigenvalue weighted by Gasteiger charge is 2.86. The van der Waals surface area contributed by atoms with Crippen LogP contribution in [0.25, 0.3) is 0 Å². The van der Waals surface area contributed by atoms with E-state index in [9.17, 15) is 0 Å². The van der Waals surface area contributed by atoms with Crippen molar-refractivity contribution in [2.24, 2.45) is 0 Å². The molecular formula is C65H133O11PS6. The summed E-state index contributed by atoms with van der Waals surface area (Å²) in [6.45, 7) is 25.5. The molecule has 14 atom stereocenters. The average molecular weight is 1310 g/mol. The number of hydrogen-bond donors (Lipinski definition) is 4. The van der Waals surface area contributed by atoms with E-state index in [2.05, 4.69) is 62.3 Å². The molecule has 0 amide bonds. The molecule has 0 aliphatic heterocycles. The molecule has 1 fully saturated rings. The first-order chi connectivity index (χ1) is 39.7. The highest BCUT2D eigenvalue weighted by molar-refractivity contribution is 8.14. The van der Waals surface area contributed by atoms with Crippen LogP contribution in [0, 0.1) is 0 Å². The maximum Gasteiger partial charge on any atom is 0.466 e. The van der Waals surface area contributed by atoms with E-state index in [-0.39, 0.29) is 11.7 Å². The van der Waals surface area contributed by atoms with Crippen LogP contribution < -0.4 is 0 Å². The minimum Gasteiger partial charge on any atom is -0.374 e. The van der Waals surface area contributed by atoms with E-state index in [1.165, 1.54) is 0 Å². The molecule has 4 N–H and O–H groups in total. The van der Waals surface area contributed by atoms with Gasteiger partial charge in [-0.05, 0) is 77.0 Å². The minimum atomic E-state index is -4.64. The second kappa shape index (κ2) is 48.7. The summed E-state index contributed by atoms with van der Waals surface area (Å²) in [4.78, 5) is 19.1. The Balaban J connectivity index is 0.0000128. The van der Waals surface area contributed by atoms with Gasteiger partial charge in [-0.1, -0.05) is 276 Å². The fourth-order valence-electron chi connectivity index (χ4n) is 12.9. The molecule has 0 radical (unpaired) electrons. The molecule has 500 valence electrons. The van der Waals surface area contributed by atoms with Crippen LogP contribution in [0.1, 0.15) is 359 Å². The Bertz CT molecular complexity index is 1760. The van der Waals surface area contributed by atoms with Gasteiger partial charge in [0.05, 0.1) is 16.0 Å². The van der Waals surface area contributed by atoms with Crippen LogP contribution in [0.5, 0.6) is 0 Å². The normalized spacial score (nSPS) is 23.7. The van der Waals surface area contributed by atoms with Crippen molar-refractivity contribution in [2.45, 2.75) is 409 Å². The zero-order valence-electron chi connectivity index (χ0n) is 55.5. The molecule has 0 bridgehead atoms. The van der Waals surface area contributed by atoms with Gasteiger partial charge in [-0.3, -0.25) is 25.3 Å². The summed E-state index contributed by atoms with van der Waals surface area (Å²) in [5.41, 5.74) is 0. The molecule has 1 aliphatic rings. The van der Waals surface area contributed by atoms with Crippen molar-refractivity contribution in [1.82, 2.24) is 0 Å². The highest BCUT2D eigenvalue weighted by atomic mass is 32.3. The van der Waals surface area contributed by atoms with Crippen LogP contribution in [-0.2, 0) is 69.4 Å². The zero-order chi connectivity index (χ0) is 62.9. The predicted molar refractivity (Wildman–Crippen MR) is 367 cm³/mol. The lowest BCUT2D eigenvalue weighted by atomic mass is 10.1. The van der Waals surface area contributed by atoms with Gasteiger partial charge < -0.3 is 19.8 Å². The van der Waals surface area contributed by atoms with Crippen molar-refractivity contribution in [1.29, 1.82) is 0 Å². The molecule has 0 spiro atoms. The van der Waals surface area contributed by atoms with E-state index in [1.807, 2.05) is 20.8 Å². The second-order valence-corrected chi connectivity index (χ2v) is 37.4. The summed E-state index contributed by atoms with van der Waals surface area (Å²) in [6, 6.07) is 0. The summed E-state index contributed by atoms with van der Waals surface area (Å²) in [7, 11) is -17.6. The first-order valence-electron chi connectivity index (χ1n) is 34.6. The average Bonchev–Trinajstić information content (AvgIpc) is 1.57. The molecule has 1 saturated carbocycles. The van der Waals surface area contributed by atoms with Crippen molar-refractivity contribution < 1.29 is 49.6 Å². The Labute approximate surface area is 527 Å². The maximum absolute atomic E-state index is 17.7. The molecule has 0 aromatic carbocycles. The third-order valence-electron chi connectivity index (χ3n) is 18.0. The van der Waals surface area contributed by atoms with Crippen LogP contribution in [0.2, 0.25) is 0 Å². The van der Waals surface area contributed by atoms with Gasteiger partial charge in [0.1, 0.15) is 0 Å². The van der Waals surface area contributed by atoms with Crippen molar-refractivity contribution in [3.05, 3.63) is 0 Å². The number of phosphoric acid groups is 1. The number of hydrogen-bond acceptors (Lipinski definition) is 8. The fourth-order valence-corrected chi connectivity index (χ4v) is 32.2. The molecule has 0 heterocycles. The summed E-state index contributed by atoms with van der Waals surface area (Å²) in [5.74, 6) is 0. The summed E-state index contributed by atoms with van der Waals surface area (Å²) >= 11 is 0. The smallest absolute Gasteiger partial charge is 0.374 e. The number of unbranched alkanes of at least 4 members (excludes halogenated alkanes) is 24. The highest BCUT2D eigenvalue weighted by Crippen LogP contribution is 2.64. The van der Waals surface area contributed by atoms with Crippen molar-refractivity contribution >= 4 is 72.6 Å². The molecule has 1 aliphatic carbocycles. The van der Waals surface area contributed by atoms with Gasteiger partial charge in [0.2, 0.25) is 0 Å². The Kier molecular flexibility index (Phi) is 49.3. The quantitative estimate of drug-likeness (QED) is 0.0334. The van der Waals surface area contributed by atoms with E-state index >= 15 is 30.4 Å². The summed E-state index contributed by atoms with van der Waals surface area (Å²) in [5, 5.41) is 10.7. The van der Waals surface area contributed by atoms with E-state index in [4.69, 9.17) is 19.2 Å². The van der Waals surface area contributed by atoms with Gasteiger partial charge in [-0.25, -0.2) is 4.57 Å². The minimum absolute atomic E-state index is 0.320. The molecule has 0 saturated heterocycles. The van der Waals surface area contributed by atoms with Gasteiger partial charge in [0.15, 0.2) is 13.1 Å². The number of aliphatic hydroxyl groups is 1. The largest absolute Gasteiger partial charge is 0.466 e. The SMILES string of the molecule is CCCCCCCC(CC)S(=O)C1CC(O)(S(=O)C(CC)CCCCCCC)C(S(=O)C(CC)CCCCCCC)(S(=O)C(CC)CCCCCCC)C1(S(=O)C(CC)CCCCCCC)S(=O)C(CC)CCCCCCC.O=P(O)(O)O. The standard InChI is InChI=1S/C65H130O7S6.H3O4P/c1-13-25-31-37-43-49-56(19-7)73(67)62-55-63(66,74(68)57(20-8)50-44-38-32-26-14-2)65(77(71)60(23-11)53-47-41-35-29-17-5,78(72)61(24-12)54-48-42-36-30-18-6)64(62,75(69)58(21-9)51-45-39-33-27-15-3)76(70)59(22-10)52-46-40-34-28-16-4;1-5(2,3)4/h56-62,66H,13-55H2,1-12H3;(H3,1,2,3,4). The first kappa shape index (κ1) is 84.0. The van der Waals surface area contributed by atoms with Gasteiger partial charge in [0.25, 0.3) is 0 Å². The summed E-state index contributed by atoms with van der Waals surface area (Å²) < 4.78 is 109. The lowest BCUT2D eigenvalue weighted by Crippen LogP contribution is -2.76. The Morgan fingerprint density at radius 2 is 0.542 bits per heavy atom. The van der Waals surface area contributed by atoms with Crippen LogP contribution in [0.3, 0.4) is 0 Å². The molecule has 1 rings (SSSR count). The Hall–Kier alpha value is 0.970. The molecule has 18 heteroatoms. The molecule has 0 aromatic heterocycles. The lowest BCUT2D eigenvalue weighted by molar-refractivity contribution is 0.129. The fraction of sp³-hybridized carbons (Fsp3) is 1.00. The second-order valence-electron chi connectivity index (χ2n) is 24.5. The van der Waals surface area contributed by atoms with Gasteiger partial charge in [-0.2, -0.15) is 0 Å². The predicted octanol–water partition coefficient (Wildman–Crippen LogP) is 18.2. The van der Waals surface area contributed by atoms with E-state index in [0.717, 1.165) is 193 Å². The Morgan fingerprint density at radius 3 is 0.771 bits per heavy atom. The van der Waals surface area contributed by atoms with E-state index in [1.54, 1.807) is 0 Å². The van der Waals surface area contributed by atoms with Gasteiger partial charge in [-0.15, -0.1) is 0 Å². The van der Waals surface area contributed by atoms with Gasteiger partial charge >= 0.3 is 7.82 Å². The number of rotatable bonds is 54.